The first-order valence-corrected chi connectivity index (χ1v) is 6.52. The number of methoxy groups -OCH3 is 1. The fraction of sp³-hybridized carbons (Fsp3) is 0.333. The van der Waals surface area contributed by atoms with Crippen molar-refractivity contribution in [2.75, 3.05) is 20.3 Å². The van der Waals surface area contributed by atoms with Gasteiger partial charge in [0.2, 0.25) is 5.91 Å². The number of carbonyl (C=O) groups excluding carboxylic acids is 1. The van der Waals surface area contributed by atoms with Crippen LogP contribution >= 0.6 is 11.3 Å². The van der Waals surface area contributed by atoms with Crippen molar-refractivity contribution in [2.24, 2.45) is 0 Å². The molecule has 0 saturated carbocycles. The quantitative estimate of drug-likeness (QED) is 0.856. The fourth-order valence-electron chi connectivity index (χ4n) is 1.69. The van der Waals surface area contributed by atoms with Gasteiger partial charge in [-0.2, -0.15) is 16.4 Å². The highest BCUT2D eigenvalue weighted by Crippen LogP contribution is 2.19. The summed E-state index contributed by atoms with van der Waals surface area (Å²) >= 11 is 1.63. The van der Waals surface area contributed by atoms with Gasteiger partial charge in [0.15, 0.2) is 0 Å². The maximum Gasteiger partial charge on any atom is 0.246 e. The number of hydrogen-bond acceptors (Lipinski definition) is 4. The van der Waals surface area contributed by atoms with E-state index in [2.05, 4.69) is 15.8 Å². The monoisotopic (exact) mass is 265 g/mol. The van der Waals surface area contributed by atoms with Crippen molar-refractivity contribution < 1.29 is 9.53 Å². The van der Waals surface area contributed by atoms with Gasteiger partial charge in [-0.25, -0.2) is 0 Å². The van der Waals surface area contributed by atoms with Crippen LogP contribution in [0.5, 0.6) is 0 Å². The lowest BCUT2D eigenvalue weighted by molar-refractivity contribution is -0.124. The highest BCUT2D eigenvalue weighted by atomic mass is 32.1. The molecule has 0 spiro atoms. The van der Waals surface area contributed by atoms with Gasteiger partial charge in [0.25, 0.3) is 0 Å². The summed E-state index contributed by atoms with van der Waals surface area (Å²) in [4.78, 5) is 11.4. The molecule has 1 atom stereocenters. The van der Waals surface area contributed by atoms with Crippen molar-refractivity contribution in [3.63, 3.8) is 0 Å². The number of carbonyl (C=O) groups is 1. The SMILES string of the molecule is COCC(=O)NC[C@@H](c1ccsc1)n1cccn1. The van der Waals surface area contributed by atoms with Gasteiger partial charge in [-0.05, 0) is 28.5 Å². The van der Waals surface area contributed by atoms with E-state index in [1.165, 1.54) is 7.11 Å². The average molecular weight is 265 g/mol. The van der Waals surface area contributed by atoms with E-state index in [4.69, 9.17) is 4.74 Å². The molecule has 0 aliphatic carbocycles. The highest BCUT2D eigenvalue weighted by molar-refractivity contribution is 7.07. The molecule has 1 amide bonds. The van der Waals surface area contributed by atoms with Crippen molar-refractivity contribution in [3.8, 4) is 0 Å². The number of rotatable bonds is 6. The van der Waals surface area contributed by atoms with E-state index < -0.39 is 0 Å². The zero-order chi connectivity index (χ0) is 12.8. The van der Waals surface area contributed by atoms with Crippen LogP contribution < -0.4 is 5.32 Å². The molecule has 1 N–H and O–H groups in total. The Morgan fingerprint density at radius 2 is 2.56 bits per heavy atom. The topological polar surface area (TPSA) is 56.1 Å². The maximum absolute atomic E-state index is 11.4. The van der Waals surface area contributed by atoms with Gasteiger partial charge in [0.05, 0.1) is 6.04 Å². The standard InChI is InChI=1S/C12H15N3O2S/c1-17-8-12(16)13-7-11(10-3-6-18-9-10)15-5-2-4-14-15/h2-6,9,11H,7-8H2,1H3,(H,13,16)/t11-/m0/s1. The molecule has 2 rings (SSSR count). The van der Waals surface area contributed by atoms with Crippen molar-refractivity contribution in [2.45, 2.75) is 6.04 Å². The summed E-state index contributed by atoms with van der Waals surface area (Å²) in [6.45, 7) is 0.579. The second-order valence-corrected chi connectivity index (χ2v) is 4.58. The Kier molecular flexibility index (Phi) is 4.49. The first-order chi connectivity index (χ1) is 8.81. The third-order valence-corrected chi connectivity index (χ3v) is 3.24. The molecule has 0 aromatic carbocycles. The van der Waals surface area contributed by atoms with Gasteiger partial charge in [0, 0.05) is 26.0 Å². The van der Waals surface area contributed by atoms with Gasteiger partial charge in [-0.15, -0.1) is 0 Å². The molecule has 2 heterocycles. The molecule has 18 heavy (non-hydrogen) atoms. The molecule has 0 unspecified atom stereocenters. The van der Waals surface area contributed by atoms with Crippen LogP contribution in [0.3, 0.4) is 0 Å². The van der Waals surface area contributed by atoms with Crippen molar-refractivity contribution >= 4 is 17.2 Å². The summed E-state index contributed by atoms with van der Waals surface area (Å²) in [6, 6.07) is 3.93. The van der Waals surface area contributed by atoms with E-state index >= 15 is 0 Å². The van der Waals surface area contributed by atoms with Gasteiger partial charge in [-0.1, -0.05) is 0 Å². The molecular formula is C12H15N3O2S. The Bertz CT molecular complexity index is 433. The summed E-state index contributed by atoms with van der Waals surface area (Å²) in [5.41, 5.74) is 1.14. The van der Waals surface area contributed by atoms with Crippen LogP contribution in [0.25, 0.3) is 0 Å². The Labute approximate surface area is 109 Å². The number of nitrogens with one attached hydrogen (secondary N) is 1. The Morgan fingerprint density at radius 3 is 3.17 bits per heavy atom. The summed E-state index contributed by atoms with van der Waals surface area (Å²) in [5, 5.41) is 11.2. The lowest BCUT2D eigenvalue weighted by Crippen LogP contribution is -2.33. The lowest BCUT2D eigenvalue weighted by Gasteiger charge is -2.17. The average Bonchev–Trinajstić information content (AvgIpc) is 3.02. The molecule has 5 nitrogen and oxygen atoms in total. The van der Waals surface area contributed by atoms with Crippen LogP contribution in [0.2, 0.25) is 0 Å². The molecular weight excluding hydrogens is 250 g/mol. The van der Waals surface area contributed by atoms with Gasteiger partial charge < -0.3 is 10.1 Å². The minimum Gasteiger partial charge on any atom is -0.375 e. The molecule has 0 radical (unpaired) electrons. The largest absolute Gasteiger partial charge is 0.375 e. The van der Waals surface area contributed by atoms with Crippen LogP contribution in [-0.4, -0.2) is 35.9 Å². The zero-order valence-electron chi connectivity index (χ0n) is 10.1. The minimum atomic E-state index is -0.120. The predicted octanol–water partition coefficient (Wildman–Crippen LogP) is 1.30. The number of nitrogens with zero attached hydrogens (tertiary/aromatic N) is 2. The van der Waals surface area contributed by atoms with E-state index in [1.807, 2.05) is 28.4 Å². The zero-order valence-corrected chi connectivity index (χ0v) is 10.9. The smallest absolute Gasteiger partial charge is 0.246 e. The van der Waals surface area contributed by atoms with Crippen molar-refractivity contribution in [1.29, 1.82) is 0 Å². The second kappa shape index (κ2) is 6.32. The molecule has 0 saturated heterocycles. The fourth-order valence-corrected chi connectivity index (χ4v) is 2.39. The third kappa shape index (κ3) is 3.18. The van der Waals surface area contributed by atoms with Gasteiger partial charge in [0.1, 0.15) is 6.61 Å². The van der Waals surface area contributed by atoms with Crippen LogP contribution in [0.15, 0.2) is 35.3 Å². The van der Waals surface area contributed by atoms with E-state index in [1.54, 1.807) is 17.5 Å². The summed E-state index contributed by atoms with van der Waals surface area (Å²) in [6.07, 6.45) is 3.63. The van der Waals surface area contributed by atoms with Gasteiger partial charge in [-0.3, -0.25) is 9.48 Å². The molecule has 0 bridgehead atoms. The number of amides is 1. The predicted molar refractivity (Wildman–Crippen MR) is 69.6 cm³/mol. The minimum absolute atomic E-state index is 0.0204. The first kappa shape index (κ1) is 12.8. The molecule has 0 aliphatic rings. The second-order valence-electron chi connectivity index (χ2n) is 3.80. The third-order valence-electron chi connectivity index (χ3n) is 2.54. The number of ether oxygens (including phenoxy) is 1. The molecule has 0 aliphatic heterocycles. The lowest BCUT2D eigenvalue weighted by atomic mass is 10.1. The normalized spacial score (nSPS) is 12.3. The van der Waals surface area contributed by atoms with Crippen LogP contribution in [0.1, 0.15) is 11.6 Å². The number of aromatic nitrogens is 2. The number of hydrogen-bond donors (Lipinski definition) is 1. The molecule has 0 fully saturated rings. The first-order valence-electron chi connectivity index (χ1n) is 5.58. The molecule has 96 valence electrons. The summed E-state index contributed by atoms with van der Waals surface area (Å²) < 4.78 is 6.63. The summed E-state index contributed by atoms with van der Waals surface area (Å²) in [7, 11) is 1.50. The van der Waals surface area contributed by atoms with Crippen LogP contribution in [-0.2, 0) is 9.53 Å². The molecule has 6 heteroatoms. The highest BCUT2D eigenvalue weighted by Gasteiger charge is 2.15. The van der Waals surface area contributed by atoms with Crippen LogP contribution in [0.4, 0.5) is 0 Å². The van der Waals surface area contributed by atoms with Crippen LogP contribution in [0, 0.1) is 0 Å². The maximum atomic E-state index is 11.4. The Hall–Kier alpha value is -1.66. The van der Waals surface area contributed by atoms with E-state index in [9.17, 15) is 4.79 Å². The van der Waals surface area contributed by atoms with E-state index in [0.717, 1.165) is 5.56 Å². The Morgan fingerprint density at radius 1 is 1.67 bits per heavy atom. The van der Waals surface area contributed by atoms with Crippen molar-refractivity contribution in [3.05, 3.63) is 40.8 Å². The van der Waals surface area contributed by atoms with E-state index in [0.29, 0.717) is 6.54 Å². The summed E-state index contributed by atoms with van der Waals surface area (Å²) in [5.74, 6) is -0.120. The van der Waals surface area contributed by atoms with E-state index in [-0.39, 0.29) is 18.6 Å². The molecule has 2 aromatic rings. The Balaban J connectivity index is 2.05. The van der Waals surface area contributed by atoms with Crippen molar-refractivity contribution in [1.82, 2.24) is 15.1 Å². The number of thiophene rings is 1. The van der Waals surface area contributed by atoms with Gasteiger partial charge >= 0.3 is 0 Å². The molecule has 2 aromatic heterocycles.